The molecule has 1 aromatic carbocycles. The molecule has 1 N–H and O–H groups in total. The van der Waals surface area contributed by atoms with Crippen molar-refractivity contribution in [1.82, 2.24) is 4.98 Å². The lowest BCUT2D eigenvalue weighted by Gasteiger charge is -2.11. The highest BCUT2D eigenvalue weighted by Gasteiger charge is 2.10. The molecule has 1 aromatic heterocycles. The van der Waals surface area contributed by atoms with Crippen molar-refractivity contribution < 1.29 is 14.3 Å². The lowest BCUT2D eigenvalue weighted by atomic mass is 10.2. The Labute approximate surface area is 146 Å². The molecule has 0 saturated heterocycles. The molecule has 2 aromatic rings. The molecule has 0 saturated carbocycles. The monoisotopic (exact) mass is 346 g/mol. The largest absolute Gasteiger partial charge is 0.491 e. The summed E-state index contributed by atoms with van der Waals surface area (Å²) >= 11 is 6.19. The molecule has 0 unspecified atom stereocenters. The van der Waals surface area contributed by atoms with Crippen LogP contribution in [0.1, 0.15) is 18.1 Å². The number of halogens is 1. The Hall–Kier alpha value is -2.53. The van der Waals surface area contributed by atoms with E-state index >= 15 is 0 Å². The average Bonchev–Trinajstić information content (AvgIpc) is 2.55. The molecule has 0 fully saturated rings. The first kappa shape index (κ1) is 17.8. The van der Waals surface area contributed by atoms with Crippen LogP contribution in [0.25, 0.3) is 6.08 Å². The highest BCUT2D eigenvalue weighted by molar-refractivity contribution is 6.32. The molecule has 126 valence electrons. The van der Waals surface area contributed by atoms with Crippen LogP contribution in [0.5, 0.6) is 11.5 Å². The van der Waals surface area contributed by atoms with Crippen LogP contribution in [0.15, 0.2) is 36.7 Å². The summed E-state index contributed by atoms with van der Waals surface area (Å²) in [5.74, 6) is 0.762. The van der Waals surface area contributed by atoms with Crippen molar-refractivity contribution in [1.29, 1.82) is 0 Å². The van der Waals surface area contributed by atoms with Crippen molar-refractivity contribution in [2.75, 3.05) is 19.0 Å². The number of aryl methyl sites for hydroxylation is 1. The molecular weight excluding hydrogens is 328 g/mol. The maximum atomic E-state index is 12.0. The zero-order valence-corrected chi connectivity index (χ0v) is 14.6. The first-order chi connectivity index (χ1) is 11.5. The first-order valence-corrected chi connectivity index (χ1v) is 7.83. The van der Waals surface area contributed by atoms with Gasteiger partial charge in [-0.05, 0) is 49.2 Å². The van der Waals surface area contributed by atoms with Gasteiger partial charge in [-0.1, -0.05) is 11.6 Å². The summed E-state index contributed by atoms with van der Waals surface area (Å²) in [4.78, 5) is 16.0. The van der Waals surface area contributed by atoms with Crippen molar-refractivity contribution in [3.63, 3.8) is 0 Å². The predicted octanol–water partition coefficient (Wildman–Crippen LogP) is 4.10. The van der Waals surface area contributed by atoms with Crippen molar-refractivity contribution in [2.45, 2.75) is 13.8 Å². The van der Waals surface area contributed by atoms with E-state index < -0.39 is 0 Å². The maximum absolute atomic E-state index is 12.0. The number of anilines is 1. The highest BCUT2D eigenvalue weighted by atomic mass is 35.5. The lowest BCUT2D eigenvalue weighted by molar-refractivity contribution is -0.111. The van der Waals surface area contributed by atoms with Gasteiger partial charge in [0.25, 0.3) is 0 Å². The van der Waals surface area contributed by atoms with E-state index in [1.807, 2.05) is 19.9 Å². The van der Waals surface area contributed by atoms with E-state index in [-0.39, 0.29) is 5.91 Å². The lowest BCUT2D eigenvalue weighted by Crippen LogP contribution is -2.09. The Morgan fingerprint density at radius 1 is 1.42 bits per heavy atom. The minimum atomic E-state index is -0.254. The van der Waals surface area contributed by atoms with Crippen LogP contribution in [0, 0.1) is 6.92 Å². The summed E-state index contributed by atoms with van der Waals surface area (Å²) in [5, 5.41) is 3.20. The van der Waals surface area contributed by atoms with Crippen molar-refractivity contribution >= 4 is 29.3 Å². The van der Waals surface area contributed by atoms with Crippen LogP contribution in [0.4, 0.5) is 5.69 Å². The van der Waals surface area contributed by atoms with E-state index in [0.29, 0.717) is 28.8 Å². The van der Waals surface area contributed by atoms with Gasteiger partial charge in [-0.2, -0.15) is 0 Å². The number of aromatic nitrogens is 1. The molecule has 5 nitrogen and oxygen atoms in total. The van der Waals surface area contributed by atoms with Gasteiger partial charge in [0, 0.05) is 12.3 Å². The number of hydrogen-bond acceptors (Lipinski definition) is 4. The first-order valence-electron chi connectivity index (χ1n) is 7.45. The van der Waals surface area contributed by atoms with Gasteiger partial charge < -0.3 is 14.8 Å². The standard InChI is InChI=1S/C18H19ClN2O3/c1-4-24-16-10-13(9-14(19)18(16)23-3)5-6-17(22)21-15-11-20-8-7-12(15)2/h5-11H,4H2,1-3H3,(H,21,22)/b6-5+. The van der Waals surface area contributed by atoms with Gasteiger partial charge in [-0.25, -0.2) is 0 Å². The maximum Gasteiger partial charge on any atom is 0.248 e. The number of nitrogens with one attached hydrogen (secondary N) is 1. The van der Waals surface area contributed by atoms with Crippen LogP contribution in [0.2, 0.25) is 5.02 Å². The molecule has 0 spiro atoms. The summed E-state index contributed by atoms with van der Waals surface area (Å²) in [7, 11) is 1.53. The Morgan fingerprint density at radius 2 is 2.21 bits per heavy atom. The number of nitrogens with zero attached hydrogens (tertiary/aromatic N) is 1. The summed E-state index contributed by atoms with van der Waals surface area (Å²) < 4.78 is 10.7. The number of rotatable bonds is 6. The third-order valence-electron chi connectivity index (χ3n) is 3.26. The van der Waals surface area contributed by atoms with Crippen LogP contribution in [0.3, 0.4) is 0 Å². The van der Waals surface area contributed by atoms with Crippen LogP contribution >= 0.6 is 11.6 Å². The van der Waals surface area contributed by atoms with Gasteiger partial charge in [0.2, 0.25) is 5.91 Å². The second kappa shape index (κ2) is 8.36. The van der Waals surface area contributed by atoms with E-state index in [4.69, 9.17) is 21.1 Å². The van der Waals surface area contributed by atoms with Crippen LogP contribution in [-0.4, -0.2) is 24.6 Å². The number of pyridine rings is 1. The fourth-order valence-electron chi connectivity index (χ4n) is 2.09. The van der Waals surface area contributed by atoms with E-state index in [1.54, 1.807) is 30.6 Å². The SMILES string of the molecule is CCOc1cc(/C=C/C(=O)Nc2cnccc2C)cc(Cl)c1OC. The number of hydrogen-bond donors (Lipinski definition) is 1. The van der Waals surface area contributed by atoms with Gasteiger partial charge in [0.1, 0.15) is 0 Å². The fraction of sp³-hybridized carbons (Fsp3) is 0.222. The molecule has 1 amide bonds. The summed E-state index contributed by atoms with van der Waals surface area (Å²) in [6.07, 6.45) is 6.38. The zero-order valence-electron chi connectivity index (χ0n) is 13.8. The van der Waals surface area contributed by atoms with Crippen molar-refractivity contribution in [3.8, 4) is 11.5 Å². The second-order valence-corrected chi connectivity index (χ2v) is 5.39. The summed E-state index contributed by atoms with van der Waals surface area (Å²) in [6, 6.07) is 5.31. The molecule has 0 aliphatic heterocycles. The van der Waals surface area contributed by atoms with E-state index in [9.17, 15) is 4.79 Å². The van der Waals surface area contributed by atoms with Crippen molar-refractivity contribution in [2.24, 2.45) is 0 Å². The molecule has 1 heterocycles. The van der Waals surface area contributed by atoms with E-state index in [0.717, 1.165) is 11.1 Å². The molecular formula is C18H19ClN2O3. The fourth-order valence-corrected chi connectivity index (χ4v) is 2.38. The smallest absolute Gasteiger partial charge is 0.248 e. The number of amides is 1. The second-order valence-electron chi connectivity index (χ2n) is 4.98. The van der Waals surface area contributed by atoms with Crippen LogP contribution in [-0.2, 0) is 4.79 Å². The molecule has 0 aliphatic rings. The highest BCUT2D eigenvalue weighted by Crippen LogP contribution is 2.36. The topological polar surface area (TPSA) is 60.5 Å². The molecule has 0 aliphatic carbocycles. The molecule has 24 heavy (non-hydrogen) atoms. The number of carbonyl (C=O) groups is 1. The molecule has 2 rings (SSSR count). The summed E-state index contributed by atoms with van der Waals surface area (Å²) in [5.41, 5.74) is 2.36. The third-order valence-corrected chi connectivity index (χ3v) is 3.54. The predicted molar refractivity (Wildman–Crippen MR) is 95.8 cm³/mol. The quantitative estimate of drug-likeness (QED) is 0.800. The van der Waals surface area contributed by atoms with Gasteiger partial charge in [0.05, 0.1) is 30.6 Å². The van der Waals surface area contributed by atoms with Gasteiger partial charge >= 0.3 is 0 Å². The minimum Gasteiger partial charge on any atom is -0.491 e. The van der Waals surface area contributed by atoms with Gasteiger partial charge in [-0.3, -0.25) is 9.78 Å². The molecule has 6 heteroatoms. The Bertz CT molecular complexity index is 760. The van der Waals surface area contributed by atoms with Crippen LogP contribution < -0.4 is 14.8 Å². The van der Waals surface area contributed by atoms with Gasteiger partial charge in [0.15, 0.2) is 11.5 Å². The van der Waals surface area contributed by atoms with Crippen molar-refractivity contribution in [3.05, 3.63) is 52.8 Å². The Balaban J connectivity index is 2.16. The number of ether oxygens (including phenoxy) is 2. The van der Waals surface area contributed by atoms with E-state index in [1.165, 1.54) is 13.2 Å². The third kappa shape index (κ3) is 4.49. The average molecular weight is 347 g/mol. The number of benzene rings is 1. The molecule has 0 radical (unpaired) electrons. The Kier molecular flexibility index (Phi) is 6.21. The zero-order chi connectivity index (χ0) is 17.5. The van der Waals surface area contributed by atoms with Gasteiger partial charge in [-0.15, -0.1) is 0 Å². The Morgan fingerprint density at radius 3 is 2.88 bits per heavy atom. The number of methoxy groups -OCH3 is 1. The number of carbonyl (C=O) groups excluding carboxylic acids is 1. The summed E-state index contributed by atoms with van der Waals surface area (Å²) in [6.45, 7) is 4.26. The minimum absolute atomic E-state index is 0.254. The van der Waals surface area contributed by atoms with E-state index in [2.05, 4.69) is 10.3 Å². The molecule has 0 bridgehead atoms. The normalized spacial score (nSPS) is 10.7. The molecule has 0 atom stereocenters.